The zero-order valence-electron chi connectivity index (χ0n) is 12.0. The predicted molar refractivity (Wildman–Crippen MR) is 74.7 cm³/mol. The molecule has 116 valence electrons. The van der Waals surface area contributed by atoms with Crippen LogP contribution in [0.25, 0.3) is 0 Å². The number of hydrogen-bond acceptors (Lipinski definition) is 2. The molecule has 1 unspecified atom stereocenters. The maximum absolute atomic E-state index is 13.8. The average Bonchev–Trinajstić information content (AvgIpc) is 2.93. The van der Waals surface area contributed by atoms with Crippen molar-refractivity contribution >= 4 is 6.03 Å². The van der Waals surface area contributed by atoms with E-state index in [0.717, 1.165) is 18.9 Å². The fraction of sp³-hybridized carbons (Fsp3) is 0.533. The summed E-state index contributed by atoms with van der Waals surface area (Å²) in [6, 6.07) is 2.34. The van der Waals surface area contributed by atoms with Gasteiger partial charge in [-0.2, -0.15) is 0 Å². The molecular weight excluding hydrogens is 278 g/mol. The molecule has 0 saturated carbocycles. The number of nitrogens with one attached hydrogen (secondary N) is 1. The maximum atomic E-state index is 13.8. The Morgan fingerprint density at radius 1 is 1.52 bits per heavy atom. The van der Waals surface area contributed by atoms with E-state index in [1.54, 1.807) is 4.90 Å². The number of nitrogens with zero attached hydrogens (tertiary/aromatic N) is 1. The number of halogens is 2. The minimum atomic E-state index is -0.665. The van der Waals surface area contributed by atoms with E-state index in [2.05, 4.69) is 5.32 Å². The number of likely N-dealkylation sites (tertiary alicyclic amines) is 1. The number of aliphatic hydroxyl groups excluding tert-OH is 1. The zero-order valence-corrected chi connectivity index (χ0v) is 12.0. The molecular formula is C15H20F2N2O2. The highest BCUT2D eigenvalue weighted by atomic mass is 19.1. The molecule has 1 heterocycles. The molecule has 0 aliphatic carbocycles. The number of rotatable bonds is 4. The van der Waals surface area contributed by atoms with Crippen LogP contribution in [0, 0.1) is 11.6 Å². The van der Waals surface area contributed by atoms with Crippen LogP contribution in [-0.4, -0.2) is 35.2 Å². The standard InChI is InChI=1S/C15H20F2N2O2/c1-2-14(12-6-5-10(16)8-13(12)17)18-15(21)19-7-3-4-11(19)9-20/h5-6,8,11,14,20H,2-4,7,9H2,1H3,(H,18,21)/t11-,14?/m1/s1. The van der Waals surface area contributed by atoms with E-state index in [9.17, 15) is 18.7 Å². The summed E-state index contributed by atoms with van der Waals surface area (Å²) in [5.41, 5.74) is 0.270. The van der Waals surface area contributed by atoms with Gasteiger partial charge >= 0.3 is 6.03 Å². The van der Waals surface area contributed by atoms with Crippen LogP contribution in [0.2, 0.25) is 0 Å². The van der Waals surface area contributed by atoms with E-state index < -0.39 is 17.7 Å². The third-order valence-corrected chi connectivity index (χ3v) is 3.89. The summed E-state index contributed by atoms with van der Waals surface area (Å²) < 4.78 is 26.8. The number of carbonyl (C=O) groups is 1. The summed E-state index contributed by atoms with van der Waals surface area (Å²) in [6.45, 7) is 2.33. The number of benzene rings is 1. The van der Waals surface area contributed by atoms with Crippen molar-refractivity contribution in [2.45, 2.75) is 38.3 Å². The lowest BCUT2D eigenvalue weighted by Crippen LogP contribution is -2.45. The van der Waals surface area contributed by atoms with Crippen molar-refractivity contribution in [1.29, 1.82) is 0 Å². The first-order chi connectivity index (χ1) is 10.1. The van der Waals surface area contributed by atoms with Crippen LogP contribution in [0.15, 0.2) is 18.2 Å². The van der Waals surface area contributed by atoms with Gasteiger partial charge in [0.15, 0.2) is 0 Å². The quantitative estimate of drug-likeness (QED) is 0.897. The van der Waals surface area contributed by atoms with Gasteiger partial charge in [-0.05, 0) is 25.3 Å². The van der Waals surface area contributed by atoms with Crippen molar-refractivity contribution in [2.75, 3.05) is 13.2 Å². The number of amides is 2. The fourth-order valence-electron chi connectivity index (χ4n) is 2.71. The average molecular weight is 298 g/mol. The lowest BCUT2D eigenvalue weighted by atomic mass is 10.0. The minimum Gasteiger partial charge on any atom is -0.394 e. The summed E-state index contributed by atoms with van der Waals surface area (Å²) in [5.74, 6) is -1.31. The molecule has 1 aromatic rings. The van der Waals surface area contributed by atoms with E-state index in [0.29, 0.717) is 13.0 Å². The highest BCUT2D eigenvalue weighted by molar-refractivity contribution is 5.75. The topological polar surface area (TPSA) is 52.6 Å². The Morgan fingerprint density at radius 2 is 2.29 bits per heavy atom. The molecule has 6 heteroatoms. The van der Waals surface area contributed by atoms with Crippen molar-refractivity contribution in [3.8, 4) is 0 Å². The van der Waals surface area contributed by atoms with Gasteiger partial charge in [-0.15, -0.1) is 0 Å². The van der Waals surface area contributed by atoms with E-state index >= 15 is 0 Å². The molecule has 2 N–H and O–H groups in total. The van der Waals surface area contributed by atoms with Gasteiger partial charge in [0.2, 0.25) is 0 Å². The summed E-state index contributed by atoms with van der Waals surface area (Å²) in [6.07, 6.45) is 2.11. The second-order valence-electron chi connectivity index (χ2n) is 5.25. The summed E-state index contributed by atoms with van der Waals surface area (Å²) in [7, 11) is 0. The molecule has 2 rings (SSSR count). The molecule has 1 aliphatic heterocycles. The highest BCUT2D eigenvalue weighted by Crippen LogP contribution is 2.23. The van der Waals surface area contributed by atoms with Crippen LogP contribution in [0.5, 0.6) is 0 Å². The Morgan fingerprint density at radius 3 is 2.90 bits per heavy atom. The van der Waals surface area contributed by atoms with Crippen molar-refractivity contribution in [3.05, 3.63) is 35.4 Å². The lowest BCUT2D eigenvalue weighted by Gasteiger charge is -2.27. The predicted octanol–water partition coefficient (Wildman–Crippen LogP) is 2.58. The molecule has 1 fully saturated rings. The van der Waals surface area contributed by atoms with Crippen LogP contribution in [0.1, 0.15) is 37.8 Å². The molecule has 21 heavy (non-hydrogen) atoms. The van der Waals surface area contributed by atoms with E-state index in [-0.39, 0.29) is 24.2 Å². The monoisotopic (exact) mass is 298 g/mol. The number of hydrogen-bond donors (Lipinski definition) is 2. The number of aliphatic hydroxyl groups is 1. The van der Waals surface area contributed by atoms with Gasteiger partial charge in [-0.25, -0.2) is 13.6 Å². The van der Waals surface area contributed by atoms with Crippen molar-refractivity contribution in [1.82, 2.24) is 10.2 Å². The molecule has 0 spiro atoms. The van der Waals surface area contributed by atoms with Gasteiger partial charge in [-0.3, -0.25) is 0 Å². The van der Waals surface area contributed by atoms with Crippen LogP contribution in [0.4, 0.5) is 13.6 Å². The molecule has 4 nitrogen and oxygen atoms in total. The molecule has 1 aliphatic rings. The van der Waals surface area contributed by atoms with Crippen LogP contribution >= 0.6 is 0 Å². The zero-order chi connectivity index (χ0) is 15.4. The van der Waals surface area contributed by atoms with E-state index in [1.807, 2.05) is 6.92 Å². The van der Waals surface area contributed by atoms with Crippen LogP contribution in [0.3, 0.4) is 0 Å². The SMILES string of the molecule is CCC(NC(=O)N1CCC[C@@H]1CO)c1ccc(F)cc1F. The fourth-order valence-corrected chi connectivity index (χ4v) is 2.71. The first-order valence-corrected chi connectivity index (χ1v) is 7.19. The molecule has 2 atom stereocenters. The normalized spacial score (nSPS) is 19.6. The van der Waals surface area contributed by atoms with Gasteiger partial charge < -0.3 is 15.3 Å². The highest BCUT2D eigenvalue weighted by Gasteiger charge is 2.29. The van der Waals surface area contributed by atoms with E-state index in [1.165, 1.54) is 12.1 Å². The van der Waals surface area contributed by atoms with Gasteiger partial charge in [0, 0.05) is 18.2 Å². The Bertz CT molecular complexity index is 510. The van der Waals surface area contributed by atoms with Crippen molar-refractivity contribution in [3.63, 3.8) is 0 Å². The van der Waals surface area contributed by atoms with Crippen LogP contribution in [-0.2, 0) is 0 Å². The van der Waals surface area contributed by atoms with Crippen molar-refractivity contribution < 1.29 is 18.7 Å². The van der Waals surface area contributed by atoms with Gasteiger partial charge in [-0.1, -0.05) is 13.0 Å². The number of carbonyl (C=O) groups excluding carboxylic acids is 1. The molecule has 1 saturated heterocycles. The Labute approximate surface area is 122 Å². The summed E-state index contributed by atoms with van der Waals surface area (Å²) >= 11 is 0. The third-order valence-electron chi connectivity index (χ3n) is 3.89. The Balaban J connectivity index is 2.10. The molecule has 0 bridgehead atoms. The number of urea groups is 1. The van der Waals surface area contributed by atoms with Gasteiger partial charge in [0.05, 0.1) is 18.7 Å². The summed E-state index contributed by atoms with van der Waals surface area (Å²) in [5, 5.41) is 12.0. The molecule has 1 aromatic carbocycles. The van der Waals surface area contributed by atoms with Gasteiger partial charge in [0.1, 0.15) is 11.6 Å². The third kappa shape index (κ3) is 3.50. The minimum absolute atomic E-state index is 0.0743. The first kappa shape index (κ1) is 15.7. The largest absolute Gasteiger partial charge is 0.394 e. The first-order valence-electron chi connectivity index (χ1n) is 7.19. The second-order valence-corrected chi connectivity index (χ2v) is 5.25. The Hall–Kier alpha value is -1.69. The van der Waals surface area contributed by atoms with Gasteiger partial charge in [0.25, 0.3) is 0 Å². The van der Waals surface area contributed by atoms with Crippen LogP contribution < -0.4 is 5.32 Å². The van der Waals surface area contributed by atoms with Crippen molar-refractivity contribution in [2.24, 2.45) is 0 Å². The second kappa shape index (κ2) is 6.85. The van der Waals surface area contributed by atoms with E-state index in [4.69, 9.17) is 0 Å². The lowest BCUT2D eigenvalue weighted by molar-refractivity contribution is 0.154. The summed E-state index contributed by atoms with van der Waals surface area (Å²) in [4.78, 5) is 13.8. The Kier molecular flexibility index (Phi) is 5.12. The maximum Gasteiger partial charge on any atom is 0.318 e. The molecule has 0 radical (unpaired) electrons. The molecule has 2 amide bonds. The molecule has 0 aromatic heterocycles. The smallest absolute Gasteiger partial charge is 0.318 e.